The van der Waals surface area contributed by atoms with E-state index < -0.39 is 11.9 Å². The number of anilines is 1. The Morgan fingerprint density at radius 1 is 1.21 bits per heavy atom. The molecule has 0 aromatic carbocycles. The summed E-state index contributed by atoms with van der Waals surface area (Å²) in [6.07, 6.45) is 2.82. The molecule has 2 heterocycles. The molecule has 0 radical (unpaired) electrons. The Morgan fingerprint density at radius 3 is 2.68 bits per heavy atom. The number of carbonyl (C=O) groups is 2. The first-order chi connectivity index (χ1) is 9.08. The molecule has 0 aliphatic rings. The number of carboxylic acid groups (broad SMARTS) is 1. The summed E-state index contributed by atoms with van der Waals surface area (Å²) in [7, 11) is 0. The Hall–Kier alpha value is -2.28. The van der Waals surface area contributed by atoms with Crippen molar-refractivity contribution in [2.45, 2.75) is 0 Å². The van der Waals surface area contributed by atoms with Crippen LogP contribution in [-0.4, -0.2) is 27.0 Å². The van der Waals surface area contributed by atoms with Crippen molar-refractivity contribution in [1.29, 1.82) is 0 Å². The third kappa shape index (κ3) is 3.14. The molecule has 7 heteroatoms. The number of nitrogens with one attached hydrogen (secondary N) is 1. The second-order valence-corrected chi connectivity index (χ2v) is 4.34. The van der Waals surface area contributed by atoms with Gasteiger partial charge in [-0.2, -0.15) is 0 Å². The fraction of sp³-hybridized carbons (Fsp3) is 0. The molecule has 0 spiro atoms. The first-order valence-corrected chi connectivity index (χ1v) is 5.98. The number of pyridine rings is 2. The van der Waals surface area contributed by atoms with Gasteiger partial charge < -0.3 is 10.4 Å². The van der Waals surface area contributed by atoms with E-state index in [1.807, 2.05) is 0 Å². The standard InChI is InChI=1S/C12H8BrN3O3/c13-9-6-7(3-5-14-9)11(17)16-8-2-1-4-15-10(8)12(18)19/h1-6H,(H,16,17)(H,18,19). The van der Waals surface area contributed by atoms with Gasteiger partial charge in [0, 0.05) is 18.0 Å². The van der Waals surface area contributed by atoms with Crippen LogP contribution in [0.1, 0.15) is 20.8 Å². The number of amides is 1. The minimum Gasteiger partial charge on any atom is -0.476 e. The van der Waals surface area contributed by atoms with Crippen LogP contribution in [0.4, 0.5) is 5.69 Å². The van der Waals surface area contributed by atoms with E-state index >= 15 is 0 Å². The lowest BCUT2D eigenvalue weighted by molar-refractivity contribution is 0.0692. The number of rotatable bonds is 3. The average Bonchev–Trinajstić information content (AvgIpc) is 2.39. The topological polar surface area (TPSA) is 92.2 Å². The van der Waals surface area contributed by atoms with Crippen LogP contribution in [0.25, 0.3) is 0 Å². The van der Waals surface area contributed by atoms with Gasteiger partial charge in [0.15, 0.2) is 5.69 Å². The second-order valence-electron chi connectivity index (χ2n) is 3.53. The van der Waals surface area contributed by atoms with Crippen molar-refractivity contribution in [3.8, 4) is 0 Å². The summed E-state index contributed by atoms with van der Waals surface area (Å²) in [5, 5.41) is 11.5. The van der Waals surface area contributed by atoms with Crippen molar-refractivity contribution in [1.82, 2.24) is 9.97 Å². The summed E-state index contributed by atoms with van der Waals surface area (Å²) >= 11 is 3.16. The molecular formula is C12H8BrN3O3. The van der Waals surface area contributed by atoms with Crippen molar-refractivity contribution < 1.29 is 14.7 Å². The highest BCUT2D eigenvalue weighted by Crippen LogP contribution is 2.15. The highest BCUT2D eigenvalue weighted by atomic mass is 79.9. The fourth-order valence-electron chi connectivity index (χ4n) is 1.41. The molecule has 0 saturated carbocycles. The number of carboxylic acids is 1. The summed E-state index contributed by atoms with van der Waals surface area (Å²) in [5.41, 5.74) is 0.305. The van der Waals surface area contributed by atoms with Gasteiger partial charge in [-0.15, -0.1) is 0 Å². The van der Waals surface area contributed by atoms with Crippen molar-refractivity contribution in [3.63, 3.8) is 0 Å². The van der Waals surface area contributed by atoms with Crippen molar-refractivity contribution >= 4 is 33.5 Å². The lowest BCUT2D eigenvalue weighted by Crippen LogP contribution is -2.15. The third-order valence-electron chi connectivity index (χ3n) is 2.25. The average molecular weight is 322 g/mol. The maximum Gasteiger partial charge on any atom is 0.356 e. The number of hydrogen-bond donors (Lipinski definition) is 2. The van der Waals surface area contributed by atoms with Gasteiger partial charge in [-0.05, 0) is 40.2 Å². The number of aromatic nitrogens is 2. The Labute approximate surface area is 116 Å². The van der Waals surface area contributed by atoms with Crippen LogP contribution in [-0.2, 0) is 0 Å². The molecule has 0 aliphatic heterocycles. The van der Waals surface area contributed by atoms with E-state index in [0.29, 0.717) is 10.2 Å². The van der Waals surface area contributed by atoms with Crippen LogP contribution in [0.5, 0.6) is 0 Å². The van der Waals surface area contributed by atoms with E-state index in [-0.39, 0.29) is 11.4 Å². The largest absolute Gasteiger partial charge is 0.476 e. The van der Waals surface area contributed by atoms with Crippen LogP contribution in [0.3, 0.4) is 0 Å². The maximum atomic E-state index is 12.0. The molecule has 0 aliphatic carbocycles. The van der Waals surface area contributed by atoms with Gasteiger partial charge in [-0.3, -0.25) is 4.79 Å². The molecule has 0 unspecified atom stereocenters. The summed E-state index contributed by atoms with van der Waals surface area (Å²) in [5.74, 6) is -1.63. The number of aromatic carboxylic acids is 1. The van der Waals surface area contributed by atoms with Crippen molar-refractivity contribution in [3.05, 3.63) is 52.5 Å². The predicted octanol–water partition coefficient (Wildman–Crippen LogP) is 2.19. The lowest BCUT2D eigenvalue weighted by Gasteiger charge is -2.07. The van der Waals surface area contributed by atoms with E-state index in [9.17, 15) is 9.59 Å². The van der Waals surface area contributed by atoms with Gasteiger partial charge in [-0.1, -0.05) is 0 Å². The molecule has 2 aromatic heterocycles. The van der Waals surface area contributed by atoms with E-state index in [1.165, 1.54) is 30.6 Å². The Kier molecular flexibility index (Phi) is 3.86. The summed E-state index contributed by atoms with van der Waals surface area (Å²) < 4.78 is 0.518. The fourth-order valence-corrected chi connectivity index (χ4v) is 1.78. The molecule has 0 atom stereocenters. The molecule has 2 aromatic rings. The normalized spacial score (nSPS) is 9.95. The molecule has 2 N–H and O–H groups in total. The third-order valence-corrected chi connectivity index (χ3v) is 2.68. The number of halogens is 1. The van der Waals surface area contributed by atoms with Crippen LogP contribution in [0.15, 0.2) is 41.3 Å². The lowest BCUT2D eigenvalue weighted by atomic mass is 10.2. The molecule has 0 bridgehead atoms. The van der Waals surface area contributed by atoms with E-state index in [2.05, 4.69) is 31.2 Å². The van der Waals surface area contributed by atoms with Crippen LogP contribution < -0.4 is 5.32 Å². The van der Waals surface area contributed by atoms with E-state index in [4.69, 9.17) is 5.11 Å². The zero-order valence-electron chi connectivity index (χ0n) is 9.50. The minimum atomic E-state index is -1.20. The highest BCUT2D eigenvalue weighted by Gasteiger charge is 2.14. The Bertz CT molecular complexity index is 646. The van der Waals surface area contributed by atoms with Crippen molar-refractivity contribution in [2.75, 3.05) is 5.32 Å². The summed E-state index contributed by atoms with van der Waals surface area (Å²) in [4.78, 5) is 30.5. The molecule has 6 nitrogen and oxygen atoms in total. The quantitative estimate of drug-likeness (QED) is 0.845. The van der Waals surface area contributed by atoms with Crippen LogP contribution in [0.2, 0.25) is 0 Å². The Balaban J connectivity index is 2.27. The second kappa shape index (κ2) is 5.57. The zero-order chi connectivity index (χ0) is 13.8. The summed E-state index contributed by atoms with van der Waals surface area (Å²) in [6.45, 7) is 0. The first kappa shape index (κ1) is 13.2. The monoisotopic (exact) mass is 321 g/mol. The maximum absolute atomic E-state index is 12.0. The van der Waals surface area contributed by atoms with Gasteiger partial charge >= 0.3 is 5.97 Å². The number of nitrogens with zero attached hydrogens (tertiary/aromatic N) is 2. The van der Waals surface area contributed by atoms with Gasteiger partial charge in [0.25, 0.3) is 5.91 Å². The van der Waals surface area contributed by atoms with E-state index in [0.717, 1.165) is 0 Å². The SMILES string of the molecule is O=C(Nc1cccnc1C(=O)O)c1ccnc(Br)c1. The first-order valence-electron chi connectivity index (χ1n) is 5.19. The Morgan fingerprint density at radius 2 is 2.00 bits per heavy atom. The van der Waals surface area contributed by atoms with E-state index in [1.54, 1.807) is 6.07 Å². The van der Waals surface area contributed by atoms with Gasteiger partial charge in [0.2, 0.25) is 0 Å². The molecule has 96 valence electrons. The summed E-state index contributed by atoms with van der Waals surface area (Å²) in [6, 6.07) is 6.08. The predicted molar refractivity (Wildman–Crippen MR) is 71.1 cm³/mol. The van der Waals surface area contributed by atoms with Gasteiger partial charge in [0.05, 0.1) is 5.69 Å². The number of hydrogen-bond acceptors (Lipinski definition) is 4. The van der Waals surface area contributed by atoms with Crippen LogP contribution in [0, 0.1) is 0 Å². The molecule has 2 rings (SSSR count). The highest BCUT2D eigenvalue weighted by molar-refractivity contribution is 9.10. The zero-order valence-corrected chi connectivity index (χ0v) is 11.1. The number of carbonyl (C=O) groups excluding carboxylic acids is 1. The molecule has 1 amide bonds. The van der Waals surface area contributed by atoms with Gasteiger partial charge in [-0.25, -0.2) is 14.8 Å². The molecule has 0 fully saturated rings. The molecular weight excluding hydrogens is 314 g/mol. The minimum absolute atomic E-state index is 0.146. The van der Waals surface area contributed by atoms with Gasteiger partial charge in [0.1, 0.15) is 4.60 Å². The smallest absolute Gasteiger partial charge is 0.356 e. The van der Waals surface area contributed by atoms with Crippen molar-refractivity contribution in [2.24, 2.45) is 0 Å². The van der Waals surface area contributed by atoms with Crippen LogP contribution >= 0.6 is 15.9 Å². The molecule has 0 saturated heterocycles. The molecule has 19 heavy (non-hydrogen) atoms.